The lowest BCUT2D eigenvalue weighted by atomic mass is 9.92. The molecule has 2 heterocycles. The fourth-order valence-electron chi connectivity index (χ4n) is 3.66. The van der Waals surface area contributed by atoms with Gasteiger partial charge in [0.2, 0.25) is 0 Å². The molecule has 7 heteroatoms. The molecule has 0 aliphatic carbocycles. The fraction of sp³-hybridized carbons (Fsp3) is 0.565. The minimum atomic E-state index is -0.359. The molecular formula is C23H32N2O5. The summed E-state index contributed by atoms with van der Waals surface area (Å²) in [7, 11) is 4.00. The first-order valence-electron chi connectivity index (χ1n) is 10.4. The van der Waals surface area contributed by atoms with Gasteiger partial charge in [-0.05, 0) is 73.2 Å². The predicted molar refractivity (Wildman–Crippen MR) is 117 cm³/mol. The topological polar surface area (TPSA) is 81.0 Å². The highest BCUT2D eigenvalue weighted by Gasteiger charge is 2.31. The van der Waals surface area contributed by atoms with Crippen LogP contribution in [-0.2, 0) is 11.2 Å². The maximum Gasteiger partial charge on any atom is 0.339 e. The summed E-state index contributed by atoms with van der Waals surface area (Å²) in [5, 5.41) is 3.60. The van der Waals surface area contributed by atoms with Crippen molar-refractivity contribution < 1.29 is 18.7 Å². The lowest BCUT2D eigenvalue weighted by Gasteiger charge is -2.33. The highest BCUT2D eigenvalue weighted by atomic mass is 16.5. The van der Waals surface area contributed by atoms with E-state index in [1.807, 2.05) is 40.9 Å². The number of amides is 1. The number of nitrogens with zero attached hydrogens (tertiary/aromatic N) is 1. The number of benzene rings is 1. The first-order chi connectivity index (χ1) is 14.1. The SMILES string of the molecule is Cc1c(C)c2c(OCC(=O)NCCCN(C)C)cc3c(c2oc1=O)CCC(C)(C)O3. The zero-order chi connectivity index (χ0) is 22.1. The van der Waals surface area contributed by atoms with E-state index in [4.69, 9.17) is 13.9 Å². The first-order valence-corrected chi connectivity index (χ1v) is 10.4. The summed E-state index contributed by atoms with van der Waals surface area (Å²) in [6.45, 7) is 9.05. The second-order valence-electron chi connectivity index (χ2n) is 8.85. The molecule has 1 amide bonds. The van der Waals surface area contributed by atoms with Gasteiger partial charge >= 0.3 is 5.63 Å². The summed E-state index contributed by atoms with van der Waals surface area (Å²) >= 11 is 0. The van der Waals surface area contributed by atoms with Crippen LogP contribution < -0.4 is 20.4 Å². The van der Waals surface area contributed by atoms with Crippen LogP contribution >= 0.6 is 0 Å². The standard InChI is InChI=1S/C23H32N2O5/c1-14-15(2)22(27)29-21-16-8-9-23(3,4)30-17(16)12-18(20(14)21)28-13-19(26)24-10-7-11-25(5)6/h12H,7-11,13H2,1-6H3,(H,24,26). The van der Waals surface area contributed by atoms with Gasteiger partial charge < -0.3 is 24.1 Å². The van der Waals surface area contributed by atoms with E-state index in [1.54, 1.807) is 6.92 Å². The summed E-state index contributed by atoms with van der Waals surface area (Å²) in [5.41, 5.74) is 2.04. The van der Waals surface area contributed by atoms with E-state index in [9.17, 15) is 9.59 Å². The molecule has 0 fully saturated rings. The van der Waals surface area contributed by atoms with Crippen molar-refractivity contribution in [2.45, 2.75) is 52.6 Å². The zero-order valence-corrected chi connectivity index (χ0v) is 18.8. The van der Waals surface area contributed by atoms with Crippen molar-refractivity contribution in [1.82, 2.24) is 10.2 Å². The second-order valence-corrected chi connectivity index (χ2v) is 8.85. The second kappa shape index (κ2) is 8.68. The maximum absolute atomic E-state index is 12.3. The third-order valence-electron chi connectivity index (χ3n) is 5.57. The van der Waals surface area contributed by atoms with Gasteiger partial charge in [-0.15, -0.1) is 0 Å². The summed E-state index contributed by atoms with van der Waals surface area (Å²) in [6, 6.07) is 1.82. The molecule has 0 bridgehead atoms. The van der Waals surface area contributed by atoms with E-state index in [-0.39, 0.29) is 23.7 Å². The number of hydrogen-bond acceptors (Lipinski definition) is 6. The van der Waals surface area contributed by atoms with Crippen LogP contribution in [0.2, 0.25) is 0 Å². The average Bonchev–Trinajstić information content (AvgIpc) is 2.66. The van der Waals surface area contributed by atoms with Crippen LogP contribution in [0, 0.1) is 13.8 Å². The number of aryl methyl sites for hydroxylation is 2. The van der Waals surface area contributed by atoms with Crippen molar-refractivity contribution in [1.29, 1.82) is 0 Å². The van der Waals surface area contributed by atoms with Crippen LogP contribution in [0.15, 0.2) is 15.3 Å². The van der Waals surface area contributed by atoms with Gasteiger partial charge in [0.05, 0.1) is 5.39 Å². The Morgan fingerprint density at radius 2 is 2.00 bits per heavy atom. The van der Waals surface area contributed by atoms with Gasteiger partial charge in [0, 0.05) is 23.7 Å². The molecule has 3 rings (SSSR count). The van der Waals surface area contributed by atoms with Crippen molar-refractivity contribution >= 4 is 16.9 Å². The largest absolute Gasteiger partial charge is 0.487 e. The van der Waals surface area contributed by atoms with Gasteiger partial charge in [-0.1, -0.05) is 0 Å². The maximum atomic E-state index is 12.3. The van der Waals surface area contributed by atoms with E-state index in [0.717, 1.165) is 42.3 Å². The Morgan fingerprint density at radius 1 is 1.27 bits per heavy atom. The van der Waals surface area contributed by atoms with E-state index in [1.165, 1.54) is 0 Å². The Labute approximate surface area is 177 Å². The molecule has 2 aromatic rings. The van der Waals surface area contributed by atoms with Gasteiger partial charge in [0.1, 0.15) is 22.7 Å². The van der Waals surface area contributed by atoms with Crippen molar-refractivity contribution in [3.63, 3.8) is 0 Å². The van der Waals surface area contributed by atoms with E-state index in [2.05, 4.69) is 10.2 Å². The van der Waals surface area contributed by atoms with Gasteiger partial charge in [0.25, 0.3) is 5.91 Å². The average molecular weight is 417 g/mol. The highest BCUT2D eigenvalue weighted by molar-refractivity contribution is 5.92. The van der Waals surface area contributed by atoms with E-state index >= 15 is 0 Å². The molecule has 1 aliphatic heterocycles. The van der Waals surface area contributed by atoms with Crippen molar-refractivity contribution in [3.05, 3.63) is 33.2 Å². The van der Waals surface area contributed by atoms with Crippen LogP contribution in [0.3, 0.4) is 0 Å². The smallest absolute Gasteiger partial charge is 0.339 e. The minimum Gasteiger partial charge on any atom is -0.487 e. The predicted octanol–water partition coefficient (Wildman–Crippen LogP) is 2.96. The number of fused-ring (bicyclic) bond motifs is 3. The molecule has 7 nitrogen and oxygen atoms in total. The summed E-state index contributed by atoms with van der Waals surface area (Å²) in [6.07, 6.45) is 2.44. The molecule has 1 N–H and O–H groups in total. The molecule has 164 valence electrons. The molecule has 1 aromatic heterocycles. The minimum absolute atomic E-state index is 0.114. The molecule has 1 aromatic carbocycles. The summed E-state index contributed by atoms with van der Waals surface area (Å²) < 4.78 is 17.7. The van der Waals surface area contributed by atoms with Gasteiger partial charge in [-0.25, -0.2) is 4.79 Å². The first kappa shape index (κ1) is 22.2. The van der Waals surface area contributed by atoms with E-state index in [0.29, 0.717) is 29.2 Å². The van der Waals surface area contributed by atoms with Gasteiger partial charge in [-0.3, -0.25) is 4.79 Å². The number of ether oxygens (including phenoxy) is 2. The zero-order valence-electron chi connectivity index (χ0n) is 18.8. The normalized spacial score (nSPS) is 15.0. The molecule has 0 atom stereocenters. The van der Waals surface area contributed by atoms with Crippen molar-refractivity contribution in [2.75, 3.05) is 33.8 Å². The van der Waals surface area contributed by atoms with Crippen LogP contribution in [0.1, 0.15) is 43.4 Å². The molecule has 0 saturated heterocycles. The van der Waals surface area contributed by atoms with Crippen LogP contribution in [0.25, 0.3) is 11.0 Å². The number of carbonyl (C=O) groups excluding carboxylic acids is 1. The Kier molecular flexibility index (Phi) is 6.41. The van der Waals surface area contributed by atoms with Crippen molar-refractivity contribution in [2.24, 2.45) is 0 Å². The lowest BCUT2D eigenvalue weighted by molar-refractivity contribution is -0.123. The monoisotopic (exact) mass is 416 g/mol. The van der Waals surface area contributed by atoms with E-state index < -0.39 is 0 Å². The summed E-state index contributed by atoms with van der Waals surface area (Å²) in [4.78, 5) is 26.6. The van der Waals surface area contributed by atoms with Crippen LogP contribution in [0.4, 0.5) is 0 Å². The quantitative estimate of drug-likeness (QED) is 0.552. The number of rotatable bonds is 7. The Balaban J connectivity index is 1.89. The number of nitrogens with one attached hydrogen (secondary N) is 1. The Hall–Kier alpha value is -2.54. The third kappa shape index (κ3) is 4.78. The number of carbonyl (C=O) groups is 1. The summed E-state index contributed by atoms with van der Waals surface area (Å²) in [5.74, 6) is 0.952. The molecular weight excluding hydrogens is 384 g/mol. The lowest BCUT2D eigenvalue weighted by Crippen LogP contribution is -2.33. The molecule has 30 heavy (non-hydrogen) atoms. The Morgan fingerprint density at radius 3 is 2.70 bits per heavy atom. The number of hydrogen-bond donors (Lipinski definition) is 1. The molecule has 0 saturated carbocycles. The van der Waals surface area contributed by atoms with Crippen LogP contribution in [0.5, 0.6) is 11.5 Å². The van der Waals surface area contributed by atoms with Crippen LogP contribution in [-0.4, -0.2) is 50.2 Å². The third-order valence-corrected chi connectivity index (χ3v) is 5.57. The molecule has 0 radical (unpaired) electrons. The highest BCUT2D eigenvalue weighted by Crippen LogP contribution is 2.43. The molecule has 0 unspecified atom stereocenters. The van der Waals surface area contributed by atoms with Crippen molar-refractivity contribution in [3.8, 4) is 11.5 Å². The molecule has 1 aliphatic rings. The Bertz CT molecular complexity index is 1010. The van der Waals surface area contributed by atoms with Gasteiger partial charge in [0.15, 0.2) is 6.61 Å². The van der Waals surface area contributed by atoms with Gasteiger partial charge in [-0.2, -0.15) is 0 Å². The molecule has 0 spiro atoms. The fourth-order valence-corrected chi connectivity index (χ4v) is 3.66.